The van der Waals surface area contributed by atoms with E-state index in [1.807, 2.05) is 43.3 Å². The lowest BCUT2D eigenvalue weighted by atomic mass is 10.1. The zero-order chi connectivity index (χ0) is 18.4. The van der Waals surface area contributed by atoms with Gasteiger partial charge >= 0.3 is 0 Å². The van der Waals surface area contributed by atoms with Crippen molar-refractivity contribution in [2.45, 2.75) is 13.3 Å². The maximum Gasteiger partial charge on any atom is 0.251 e. The molecule has 1 aliphatic heterocycles. The molecule has 3 rings (SSSR count). The van der Waals surface area contributed by atoms with Crippen LogP contribution in [-0.2, 0) is 0 Å². The average Bonchev–Trinajstić information content (AvgIpc) is 2.66. The molecule has 2 aromatic carbocycles. The predicted octanol–water partition coefficient (Wildman–Crippen LogP) is 3.59. The van der Waals surface area contributed by atoms with Crippen LogP contribution in [0.1, 0.15) is 22.3 Å². The molecule has 0 atom stereocenters. The molecule has 0 radical (unpaired) electrons. The Morgan fingerprint density at radius 3 is 2.50 bits per heavy atom. The van der Waals surface area contributed by atoms with Crippen LogP contribution in [0.5, 0.6) is 0 Å². The highest BCUT2D eigenvalue weighted by atomic mass is 35.5. The summed E-state index contributed by atoms with van der Waals surface area (Å²) >= 11 is 5.96. The second-order valence-electron chi connectivity index (χ2n) is 6.78. The molecule has 1 saturated heterocycles. The Morgan fingerprint density at radius 1 is 1.08 bits per heavy atom. The first kappa shape index (κ1) is 18.7. The summed E-state index contributed by atoms with van der Waals surface area (Å²) in [7, 11) is 0. The number of carbonyl (C=O) groups is 1. The van der Waals surface area contributed by atoms with Gasteiger partial charge in [-0.1, -0.05) is 29.3 Å². The third kappa shape index (κ3) is 5.23. The van der Waals surface area contributed by atoms with Crippen molar-refractivity contribution in [1.29, 1.82) is 0 Å². The Morgan fingerprint density at radius 2 is 1.81 bits per heavy atom. The lowest BCUT2D eigenvalue weighted by molar-refractivity contribution is 0.0951. The smallest absolute Gasteiger partial charge is 0.251 e. The number of piperazine rings is 1. The van der Waals surface area contributed by atoms with Crippen molar-refractivity contribution in [3.63, 3.8) is 0 Å². The number of nitrogens with zero attached hydrogens (tertiary/aromatic N) is 2. The van der Waals surface area contributed by atoms with Gasteiger partial charge in [0.15, 0.2) is 0 Å². The molecule has 1 N–H and O–H groups in total. The summed E-state index contributed by atoms with van der Waals surface area (Å²) in [6, 6.07) is 15.8. The average molecular weight is 372 g/mol. The van der Waals surface area contributed by atoms with Gasteiger partial charge in [0, 0.05) is 49.0 Å². The van der Waals surface area contributed by atoms with E-state index >= 15 is 0 Å². The van der Waals surface area contributed by atoms with E-state index in [1.165, 1.54) is 5.69 Å². The van der Waals surface area contributed by atoms with E-state index in [9.17, 15) is 4.79 Å². The van der Waals surface area contributed by atoms with Crippen molar-refractivity contribution in [3.05, 3.63) is 64.7 Å². The monoisotopic (exact) mass is 371 g/mol. The van der Waals surface area contributed by atoms with Gasteiger partial charge in [0.25, 0.3) is 5.91 Å². The number of nitrogens with one attached hydrogen (secondary N) is 1. The van der Waals surface area contributed by atoms with Gasteiger partial charge < -0.3 is 10.2 Å². The molecule has 1 aliphatic rings. The Kier molecular flexibility index (Phi) is 6.53. The van der Waals surface area contributed by atoms with Gasteiger partial charge in [0.05, 0.1) is 0 Å². The van der Waals surface area contributed by atoms with Crippen LogP contribution in [0.4, 0.5) is 5.69 Å². The van der Waals surface area contributed by atoms with E-state index in [4.69, 9.17) is 11.6 Å². The molecule has 26 heavy (non-hydrogen) atoms. The van der Waals surface area contributed by atoms with Crippen molar-refractivity contribution in [1.82, 2.24) is 10.2 Å². The number of benzene rings is 2. The van der Waals surface area contributed by atoms with Crippen molar-refractivity contribution in [3.8, 4) is 0 Å². The first-order valence-corrected chi connectivity index (χ1v) is 9.57. The summed E-state index contributed by atoms with van der Waals surface area (Å²) in [5, 5.41) is 3.80. The SMILES string of the molecule is Cc1cccc(C(=O)NCCCN2CCN(c3ccc(Cl)cc3)CC2)c1. The number of amides is 1. The van der Waals surface area contributed by atoms with Crippen LogP contribution in [0, 0.1) is 6.92 Å². The largest absolute Gasteiger partial charge is 0.369 e. The highest BCUT2D eigenvalue weighted by Crippen LogP contribution is 2.19. The summed E-state index contributed by atoms with van der Waals surface area (Å²) in [4.78, 5) is 17.0. The summed E-state index contributed by atoms with van der Waals surface area (Å²) < 4.78 is 0. The number of carbonyl (C=O) groups excluding carboxylic acids is 1. The molecule has 0 spiro atoms. The molecule has 5 heteroatoms. The zero-order valence-corrected chi connectivity index (χ0v) is 16.0. The van der Waals surface area contributed by atoms with E-state index in [0.29, 0.717) is 6.54 Å². The summed E-state index contributed by atoms with van der Waals surface area (Å²) in [5.41, 5.74) is 3.08. The Hall–Kier alpha value is -2.04. The van der Waals surface area contributed by atoms with Gasteiger partial charge in [-0.15, -0.1) is 0 Å². The number of hydrogen-bond acceptors (Lipinski definition) is 3. The lowest BCUT2D eigenvalue weighted by Gasteiger charge is -2.36. The van der Waals surface area contributed by atoms with Crippen LogP contribution < -0.4 is 10.2 Å². The summed E-state index contributed by atoms with van der Waals surface area (Å²) in [6.45, 7) is 7.88. The third-order valence-electron chi connectivity index (χ3n) is 4.78. The second kappa shape index (κ2) is 9.06. The fourth-order valence-electron chi connectivity index (χ4n) is 3.27. The van der Waals surface area contributed by atoms with E-state index in [2.05, 4.69) is 27.2 Å². The maximum absolute atomic E-state index is 12.1. The molecule has 1 amide bonds. The van der Waals surface area contributed by atoms with Crippen LogP contribution in [0.3, 0.4) is 0 Å². The lowest BCUT2D eigenvalue weighted by Crippen LogP contribution is -2.47. The molecule has 138 valence electrons. The first-order valence-electron chi connectivity index (χ1n) is 9.19. The quantitative estimate of drug-likeness (QED) is 0.788. The Bertz CT molecular complexity index is 724. The second-order valence-corrected chi connectivity index (χ2v) is 7.22. The van der Waals surface area contributed by atoms with Gasteiger partial charge in [-0.2, -0.15) is 0 Å². The number of aryl methyl sites for hydroxylation is 1. The third-order valence-corrected chi connectivity index (χ3v) is 5.03. The molecular weight excluding hydrogens is 346 g/mol. The molecule has 4 nitrogen and oxygen atoms in total. The minimum atomic E-state index is 0.0151. The van der Waals surface area contributed by atoms with Gasteiger partial charge in [-0.05, 0) is 56.3 Å². The molecule has 0 saturated carbocycles. The highest BCUT2D eigenvalue weighted by molar-refractivity contribution is 6.30. The summed E-state index contributed by atoms with van der Waals surface area (Å²) in [5.74, 6) is 0.0151. The highest BCUT2D eigenvalue weighted by Gasteiger charge is 2.16. The Labute approximate surface area is 160 Å². The summed E-state index contributed by atoms with van der Waals surface area (Å²) in [6.07, 6.45) is 0.971. The predicted molar refractivity (Wildman–Crippen MR) is 108 cm³/mol. The standard InChI is InChI=1S/C21H26ClN3O/c1-17-4-2-5-18(16-17)21(26)23-10-3-11-24-12-14-25(15-13-24)20-8-6-19(22)7-9-20/h2,4-9,16H,3,10-15H2,1H3,(H,23,26). The molecule has 2 aromatic rings. The zero-order valence-electron chi connectivity index (χ0n) is 15.2. The number of halogens is 1. The molecule has 0 aliphatic carbocycles. The van der Waals surface area contributed by atoms with Crippen molar-refractivity contribution in [2.24, 2.45) is 0 Å². The van der Waals surface area contributed by atoms with E-state index in [0.717, 1.165) is 55.3 Å². The van der Waals surface area contributed by atoms with Crippen LogP contribution in [0.15, 0.2) is 48.5 Å². The number of hydrogen-bond donors (Lipinski definition) is 1. The van der Waals surface area contributed by atoms with Crippen LogP contribution in [0.2, 0.25) is 5.02 Å². The molecular formula is C21H26ClN3O. The van der Waals surface area contributed by atoms with Crippen LogP contribution >= 0.6 is 11.6 Å². The van der Waals surface area contributed by atoms with Crippen molar-refractivity contribution < 1.29 is 4.79 Å². The van der Waals surface area contributed by atoms with Crippen molar-refractivity contribution in [2.75, 3.05) is 44.2 Å². The van der Waals surface area contributed by atoms with Crippen LogP contribution in [0.25, 0.3) is 0 Å². The van der Waals surface area contributed by atoms with Crippen LogP contribution in [-0.4, -0.2) is 50.1 Å². The normalized spacial score (nSPS) is 15.1. The minimum Gasteiger partial charge on any atom is -0.369 e. The van der Waals surface area contributed by atoms with Gasteiger partial charge in [0.1, 0.15) is 0 Å². The Balaban J connectivity index is 1.35. The van der Waals surface area contributed by atoms with E-state index in [-0.39, 0.29) is 5.91 Å². The number of rotatable bonds is 6. The van der Waals surface area contributed by atoms with Crippen molar-refractivity contribution >= 4 is 23.2 Å². The minimum absolute atomic E-state index is 0.0151. The molecule has 0 bridgehead atoms. The van der Waals surface area contributed by atoms with Gasteiger partial charge in [-0.3, -0.25) is 9.69 Å². The van der Waals surface area contributed by atoms with Gasteiger partial charge in [-0.25, -0.2) is 0 Å². The molecule has 1 fully saturated rings. The maximum atomic E-state index is 12.1. The first-order chi connectivity index (χ1) is 12.6. The molecule has 1 heterocycles. The fraction of sp³-hybridized carbons (Fsp3) is 0.381. The topological polar surface area (TPSA) is 35.6 Å². The fourth-order valence-corrected chi connectivity index (χ4v) is 3.40. The molecule has 0 aromatic heterocycles. The van der Waals surface area contributed by atoms with E-state index < -0.39 is 0 Å². The molecule has 0 unspecified atom stereocenters. The van der Waals surface area contributed by atoms with E-state index in [1.54, 1.807) is 0 Å². The number of anilines is 1. The van der Waals surface area contributed by atoms with Gasteiger partial charge in [0.2, 0.25) is 0 Å².